The lowest BCUT2D eigenvalue weighted by Gasteiger charge is -2.09. The second-order valence-electron chi connectivity index (χ2n) is 5.53. The molecule has 0 heterocycles. The molecule has 0 aliphatic heterocycles. The number of rotatable bonds is 6. The second-order valence-corrected chi connectivity index (χ2v) is 5.53. The first kappa shape index (κ1) is 19.7. The SMILES string of the molecule is COC(=O)c1ccc(C)c(/C=C(\N=C/N)OCc2ccc(F)cc2C#N)c1. The van der Waals surface area contributed by atoms with Crippen LogP contribution in [0.25, 0.3) is 6.08 Å². The van der Waals surface area contributed by atoms with E-state index in [-0.39, 0.29) is 18.1 Å². The van der Waals surface area contributed by atoms with Crippen LogP contribution in [0.2, 0.25) is 0 Å². The van der Waals surface area contributed by atoms with Crippen LogP contribution in [0.1, 0.15) is 32.6 Å². The van der Waals surface area contributed by atoms with Gasteiger partial charge in [0.15, 0.2) is 0 Å². The van der Waals surface area contributed by atoms with E-state index >= 15 is 0 Å². The molecule has 2 N–H and O–H groups in total. The predicted molar refractivity (Wildman–Crippen MR) is 99.1 cm³/mol. The predicted octanol–water partition coefficient (Wildman–Crippen LogP) is 3.29. The van der Waals surface area contributed by atoms with Gasteiger partial charge in [-0.25, -0.2) is 14.2 Å². The zero-order valence-electron chi connectivity index (χ0n) is 14.9. The van der Waals surface area contributed by atoms with E-state index in [9.17, 15) is 9.18 Å². The minimum atomic E-state index is -0.499. The Labute approximate surface area is 156 Å². The molecule has 0 aliphatic rings. The summed E-state index contributed by atoms with van der Waals surface area (Å²) in [6.45, 7) is 1.87. The van der Waals surface area contributed by atoms with Crippen LogP contribution in [0.15, 0.2) is 47.3 Å². The molecule has 0 bridgehead atoms. The lowest BCUT2D eigenvalue weighted by Crippen LogP contribution is -2.02. The normalized spacial score (nSPS) is 11.3. The van der Waals surface area contributed by atoms with Crippen molar-refractivity contribution in [2.24, 2.45) is 10.7 Å². The Morgan fingerprint density at radius 2 is 2.11 bits per heavy atom. The van der Waals surface area contributed by atoms with Gasteiger partial charge in [-0.3, -0.25) is 0 Å². The van der Waals surface area contributed by atoms with E-state index in [0.717, 1.165) is 18.0 Å². The number of aliphatic imine (C=N–C) groups is 1. The second kappa shape index (κ2) is 9.15. The van der Waals surface area contributed by atoms with Crippen molar-refractivity contribution in [3.8, 4) is 6.07 Å². The summed E-state index contributed by atoms with van der Waals surface area (Å²) in [6, 6.07) is 10.9. The lowest BCUT2D eigenvalue weighted by molar-refractivity contribution is 0.0600. The Hall–Kier alpha value is -3.66. The molecule has 0 radical (unpaired) electrons. The number of methoxy groups -OCH3 is 1. The number of nitrogens with two attached hydrogens (primary N) is 1. The monoisotopic (exact) mass is 367 g/mol. The van der Waals surface area contributed by atoms with Gasteiger partial charge in [0.05, 0.1) is 30.6 Å². The number of aryl methyl sites for hydroxylation is 1. The number of hydrogen-bond donors (Lipinski definition) is 1. The zero-order chi connectivity index (χ0) is 19.8. The summed E-state index contributed by atoms with van der Waals surface area (Å²) >= 11 is 0. The highest BCUT2D eigenvalue weighted by atomic mass is 19.1. The van der Waals surface area contributed by atoms with Gasteiger partial charge in [0.1, 0.15) is 12.4 Å². The van der Waals surface area contributed by atoms with Gasteiger partial charge in [-0.05, 0) is 42.3 Å². The van der Waals surface area contributed by atoms with Crippen molar-refractivity contribution in [1.82, 2.24) is 0 Å². The van der Waals surface area contributed by atoms with Gasteiger partial charge < -0.3 is 15.2 Å². The maximum atomic E-state index is 13.2. The molecule has 2 aromatic rings. The van der Waals surface area contributed by atoms with E-state index < -0.39 is 11.8 Å². The quantitative estimate of drug-likeness (QED) is 0.366. The van der Waals surface area contributed by atoms with Gasteiger partial charge in [0.25, 0.3) is 0 Å². The van der Waals surface area contributed by atoms with E-state index in [1.165, 1.54) is 19.2 Å². The van der Waals surface area contributed by atoms with Crippen LogP contribution in [0.4, 0.5) is 4.39 Å². The minimum absolute atomic E-state index is 0.00207. The maximum absolute atomic E-state index is 13.2. The van der Waals surface area contributed by atoms with Gasteiger partial charge in [0.2, 0.25) is 5.88 Å². The standard InChI is InChI=1S/C20H18FN3O3/c1-13-3-4-14(20(25)26-2)7-16(13)9-19(24-12-23)27-11-15-5-6-18(21)8-17(15)10-22/h3-9,12H,11H2,1-2H3,(H2,23,24)/b19-9+. The van der Waals surface area contributed by atoms with Crippen LogP contribution in [-0.2, 0) is 16.1 Å². The number of hydrogen-bond acceptors (Lipinski definition) is 5. The largest absolute Gasteiger partial charge is 0.473 e. The summed E-state index contributed by atoms with van der Waals surface area (Å²) < 4.78 is 23.6. The van der Waals surface area contributed by atoms with Gasteiger partial charge in [-0.15, -0.1) is 0 Å². The van der Waals surface area contributed by atoms with Crippen molar-refractivity contribution in [2.45, 2.75) is 13.5 Å². The molecule has 0 saturated carbocycles. The topological polar surface area (TPSA) is 97.7 Å². The highest BCUT2D eigenvalue weighted by Crippen LogP contribution is 2.19. The molecule has 0 amide bonds. The first-order valence-corrected chi connectivity index (χ1v) is 7.94. The fourth-order valence-electron chi connectivity index (χ4n) is 2.29. The summed E-state index contributed by atoms with van der Waals surface area (Å²) in [4.78, 5) is 15.7. The highest BCUT2D eigenvalue weighted by Gasteiger charge is 2.09. The van der Waals surface area contributed by atoms with Crippen LogP contribution in [0.5, 0.6) is 0 Å². The molecule has 138 valence electrons. The van der Waals surface area contributed by atoms with Crippen LogP contribution >= 0.6 is 0 Å². The van der Waals surface area contributed by atoms with Crippen LogP contribution in [-0.4, -0.2) is 19.4 Å². The third-order valence-electron chi connectivity index (χ3n) is 3.75. The van der Waals surface area contributed by atoms with E-state index in [4.69, 9.17) is 20.5 Å². The average molecular weight is 367 g/mol. The zero-order valence-corrected chi connectivity index (χ0v) is 14.9. The molecule has 2 rings (SSSR count). The van der Waals surface area contributed by atoms with Crippen molar-refractivity contribution < 1.29 is 18.7 Å². The number of ether oxygens (including phenoxy) is 2. The molecule has 2 aromatic carbocycles. The number of halogens is 1. The summed E-state index contributed by atoms with van der Waals surface area (Å²) in [5.74, 6) is -0.781. The number of benzene rings is 2. The molecule has 0 saturated heterocycles. The van der Waals surface area contributed by atoms with E-state index in [1.807, 2.05) is 13.0 Å². The molecular weight excluding hydrogens is 349 g/mol. The maximum Gasteiger partial charge on any atom is 0.337 e. The third kappa shape index (κ3) is 5.16. The summed E-state index contributed by atoms with van der Waals surface area (Å²) in [7, 11) is 1.31. The fourth-order valence-corrected chi connectivity index (χ4v) is 2.29. The Kier molecular flexibility index (Phi) is 6.67. The van der Waals surface area contributed by atoms with Gasteiger partial charge in [0, 0.05) is 11.6 Å². The van der Waals surface area contributed by atoms with Crippen LogP contribution in [0.3, 0.4) is 0 Å². The fraction of sp³-hybridized carbons (Fsp3) is 0.150. The first-order valence-electron chi connectivity index (χ1n) is 7.94. The smallest absolute Gasteiger partial charge is 0.337 e. The minimum Gasteiger partial charge on any atom is -0.473 e. The highest BCUT2D eigenvalue weighted by molar-refractivity contribution is 5.90. The van der Waals surface area contributed by atoms with Crippen molar-refractivity contribution in [3.63, 3.8) is 0 Å². The summed E-state index contributed by atoms with van der Waals surface area (Å²) in [6.07, 6.45) is 2.68. The number of nitrogens with zero attached hydrogens (tertiary/aromatic N) is 2. The van der Waals surface area contributed by atoms with Crippen molar-refractivity contribution in [3.05, 3.63) is 75.9 Å². The van der Waals surface area contributed by atoms with E-state index in [1.54, 1.807) is 24.3 Å². The van der Waals surface area contributed by atoms with E-state index in [2.05, 4.69) is 4.99 Å². The van der Waals surface area contributed by atoms with Crippen LogP contribution in [0, 0.1) is 24.1 Å². The Morgan fingerprint density at radius 1 is 1.33 bits per heavy atom. The third-order valence-corrected chi connectivity index (χ3v) is 3.75. The average Bonchev–Trinajstić information content (AvgIpc) is 2.67. The molecule has 0 aliphatic carbocycles. The molecule has 0 spiro atoms. The van der Waals surface area contributed by atoms with Gasteiger partial charge in [-0.1, -0.05) is 12.1 Å². The van der Waals surface area contributed by atoms with Crippen LogP contribution < -0.4 is 5.73 Å². The molecule has 6 nitrogen and oxygen atoms in total. The molecule has 0 fully saturated rings. The molecule has 0 atom stereocenters. The molecule has 0 unspecified atom stereocenters. The van der Waals surface area contributed by atoms with E-state index in [0.29, 0.717) is 16.7 Å². The van der Waals surface area contributed by atoms with Crippen molar-refractivity contribution in [1.29, 1.82) is 5.26 Å². The molecule has 7 heteroatoms. The lowest BCUT2D eigenvalue weighted by atomic mass is 10.0. The van der Waals surface area contributed by atoms with Crippen molar-refractivity contribution in [2.75, 3.05) is 7.11 Å². The van der Waals surface area contributed by atoms with Crippen molar-refractivity contribution >= 4 is 18.4 Å². The number of nitriles is 1. The summed E-state index contributed by atoms with van der Waals surface area (Å²) in [5.41, 5.74) is 8.03. The molecule has 27 heavy (non-hydrogen) atoms. The Morgan fingerprint density at radius 3 is 2.78 bits per heavy atom. The number of carbonyl (C=O) groups is 1. The molecule has 0 aromatic heterocycles. The number of esters is 1. The Balaban J connectivity index is 2.30. The first-order chi connectivity index (χ1) is 13.0. The summed E-state index contributed by atoms with van der Waals surface area (Å²) in [5, 5.41) is 9.11. The number of carbonyl (C=O) groups excluding carboxylic acids is 1. The van der Waals surface area contributed by atoms with Gasteiger partial charge >= 0.3 is 5.97 Å². The Bertz CT molecular complexity index is 946. The molecular formula is C20H18FN3O3. The van der Waals surface area contributed by atoms with Gasteiger partial charge in [-0.2, -0.15) is 5.26 Å².